The number of nitrogens with zero attached hydrogens (tertiary/aromatic N) is 1. The first-order valence-electron chi connectivity index (χ1n) is 9.81. The van der Waals surface area contributed by atoms with Gasteiger partial charge in [0, 0.05) is 5.56 Å². The standard InChI is InChI=1S/C22H23NO3/c23-13-22(6-5-17-3-1-2-4-18(17)19(22)24)20(25)26-21-10-14-7-15(11-21)9-16(8-14)12-21/h1-4,14-16H,5-12H2/t14?,15?,16?,21?,22-/m1/s1. The van der Waals surface area contributed by atoms with Gasteiger partial charge in [-0.05, 0) is 74.7 Å². The fraction of sp³-hybridized carbons (Fsp3) is 0.591. The molecule has 1 aromatic rings. The molecule has 0 N–H and O–H groups in total. The number of benzene rings is 1. The summed E-state index contributed by atoms with van der Waals surface area (Å²) in [5, 5.41) is 9.85. The molecular formula is C22H23NO3. The first-order valence-corrected chi connectivity index (χ1v) is 9.81. The second-order valence-electron chi connectivity index (χ2n) is 8.99. The number of carbonyl (C=O) groups is 2. The summed E-state index contributed by atoms with van der Waals surface area (Å²) in [6.45, 7) is 0. The van der Waals surface area contributed by atoms with Crippen LogP contribution in [0.5, 0.6) is 0 Å². The predicted octanol–water partition coefficient (Wildman–Crippen LogP) is 3.84. The van der Waals surface area contributed by atoms with Crippen LogP contribution in [0.2, 0.25) is 0 Å². The number of hydrogen-bond donors (Lipinski definition) is 0. The highest BCUT2D eigenvalue weighted by atomic mass is 16.6. The summed E-state index contributed by atoms with van der Waals surface area (Å²) in [5.74, 6) is 0.970. The average molecular weight is 349 g/mol. The van der Waals surface area contributed by atoms with E-state index in [1.165, 1.54) is 19.3 Å². The molecule has 4 nitrogen and oxygen atoms in total. The van der Waals surface area contributed by atoms with Crippen molar-refractivity contribution in [2.75, 3.05) is 0 Å². The Bertz CT molecular complexity index is 801. The zero-order valence-corrected chi connectivity index (χ0v) is 14.9. The van der Waals surface area contributed by atoms with E-state index in [0.29, 0.717) is 29.7 Å². The SMILES string of the molecule is N#C[C@]1(C(=O)OC23CC4CC(CC(C4)C2)C3)CCc2ccccc2C1=O. The van der Waals surface area contributed by atoms with Crippen molar-refractivity contribution in [2.24, 2.45) is 23.2 Å². The van der Waals surface area contributed by atoms with Crippen molar-refractivity contribution in [3.63, 3.8) is 0 Å². The molecule has 0 aromatic heterocycles. The van der Waals surface area contributed by atoms with Gasteiger partial charge in [0.05, 0.1) is 6.07 Å². The Morgan fingerprint density at radius 1 is 1.08 bits per heavy atom. The van der Waals surface area contributed by atoms with E-state index in [-0.39, 0.29) is 12.2 Å². The van der Waals surface area contributed by atoms with Gasteiger partial charge in [-0.3, -0.25) is 4.79 Å². The smallest absolute Gasteiger partial charge is 0.335 e. The van der Waals surface area contributed by atoms with E-state index >= 15 is 0 Å². The van der Waals surface area contributed by atoms with Crippen molar-refractivity contribution < 1.29 is 14.3 Å². The third kappa shape index (κ3) is 2.19. The van der Waals surface area contributed by atoms with E-state index in [0.717, 1.165) is 24.8 Å². The van der Waals surface area contributed by atoms with E-state index in [4.69, 9.17) is 4.74 Å². The summed E-state index contributed by atoms with van der Waals surface area (Å²) in [5.41, 5.74) is -0.668. The van der Waals surface area contributed by atoms with Crippen LogP contribution in [0.1, 0.15) is 60.9 Å². The van der Waals surface area contributed by atoms with E-state index < -0.39 is 17.0 Å². The van der Waals surface area contributed by atoms with E-state index in [1.54, 1.807) is 12.1 Å². The summed E-state index contributed by atoms with van der Waals surface area (Å²) >= 11 is 0. The molecule has 6 rings (SSSR count). The van der Waals surface area contributed by atoms with Gasteiger partial charge in [0.2, 0.25) is 5.41 Å². The Morgan fingerprint density at radius 3 is 2.31 bits per heavy atom. The number of ether oxygens (including phenoxy) is 1. The maximum absolute atomic E-state index is 13.2. The number of Topliss-reactive ketones (excluding diaryl/α,β-unsaturated/α-hetero) is 1. The largest absolute Gasteiger partial charge is 0.458 e. The molecule has 1 atom stereocenters. The number of fused-ring (bicyclic) bond motifs is 1. The van der Waals surface area contributed by atoms with Crippen molar-refractivity contribution in [3.05, 3.63) is 35.4 Å². The maximum atomic E-state index is 13.2. The average Bonchev–Trinajstić information content (AvgIpc) is 2.61. The summed E-state index contributed by atoms with van der Waals surface area (Å²) in [4.78, 5) is 26.3. The van der Waals surface area contributed by atoms with Crippen LogP contribution in [0.3, 0.4) is 0 Å². The fourth-order valence-electron chi connectivity index (χ4n) is 6.41. The van der Waals surface area contributed by atoms with Crippen molar-refractivity contribution >= 4 is 11.8 Å². The lowest BCUT2D eigenvalue weighted by Gasteiger charge is -2.56. The van der Waals surface area contributed by atoms with Gasteiger partial charge in [-0.2, -0.15) is 5.26 Å². The molecular weight excluding hydrogens is 326 g/mol. The van der Waals surface area contributed by atoms with Crippen molar-refractivity contribution in [1.82, 2.24) is 0 Å². The quantitative estimate of drug-likeness (QED) is 0.601. The van der Waals surface area contributed by atoms with Gasteiger partial charge < -0.3 is 4.74 Å². The molecule has 0 radical (unpaired) electrons. The van der Waals surface area contributed by atoms with Crippen LogP contribution in [0.4, 0.5) is 0 Å². The van der Waals surface area contributed by atoms with E-state index in [9.17, 15) is 14.9 Å². The number of ketones is 1. The van der Waals surface area contributed by atoms with Gasteiger partial charge in [-0.15, -0.1) is 0 Å². The minimum atomic E-state index is -1.67. The number of hydrogen-bond acceptors (Lipinski definition) is 4. The van der Waals surface area contributed by atoms with E-state index in [1.807, 2.05) is 12.1 Å². The Kier molecular flexibility index (Phi) is 3.35. The molecule has 0 heterocycles. The van der Waals surface area contributed by atoms with Crippen LogP contribution in [0.15, 0.2) is 24.3 Å². The van der Waals surface area contributed by atoms with Gasteiger partial charge in [-0.25, -0.2) is 4.79 Å². The summed E-state index contributed by atoms with van der Waals surface area (Å²) < 4.78 is 6.09. The second-order valence-corrected chi connectivity index (χ2v) is 8.99. The minimum Gasteiger partial charge on any atom is -0.458 e. The highest BCUT2D eigenvalue weighted by molar-refractivity contribution is 6.16. The van der Waals surface area contributed by atoms with Crippen molar-refractivity contribution in [2.45, 2.75) is 57.0 Å². The molecule has 0 spiro atoms. The first kappa shape index (κ1) is 16.1. The zero-order chi connectivity index (χ0) is 17.9. The van der Waals surface area contributed by atoms with Gasteiger partial charge in [0.15, 0.2) is 5.78 Å². The zero-order valence-electron chi connectivity index (χ0n) is 14.9. The third-order valence-corrected chi connectivity index (χ3v) is 7.25. The van der Waals surface area contributed by atoms with Gasteiger partial charge in [0.1, 0.15) is 5.60 Å². The number of nitriles is 1. The van der Waals surface area contributed by atoms with Gasteiger partial charge >= 0.3 is 5.97 Å². The number of carbonyl (C=O) groups excluding carboxylic acids is 2. The topological polar surface area (TPSA) is 67.2 Å². The molecule has 0 saturated heterocycles. The molecule has 0 amide bonds. The Labute approximate surface area is 153 Å². The van der Waals surface area contributed by atoms with Crippen LogP contribution >= 0.6 is 0 Å². The molecule has 4 heteroatoms. The van der Waals surface area contributed by atoms with Crippen LogP contribution in [0.25, 0.3) is 0 Å². The summed E-state index contributed by atoms with van der Waals surface area (Å²) in [6.07, 6.45) is 7.30. The molecule has 26 heavy (non-hydrogen) atoms. The first-order chi connectivity index (χ1) is 12.5. The number of rotatable bonds is 2. The van der Waals surface area contributed by atoms with Crippen LogP contribution in [-0.4, -0.2) is 17.4 Å². The fourth-order valence-corrected chi connectivity index (χ4v) is 6.41. The molecule has 4 fully saturated rings. The Balaban J connectivity index is 1.45. The lowest BCUT2D eigenvalue weighted by atomic mass is 9.54. The molecule has 5 aliphatic rings. The van der Waals surface area contributed by atoms with Crippen LogP contribution < -0.4 is 0 Å². The lowest BCUT2D eigenvalue weighted by molar-refractivity contribution is -0.192. The molecule has 4 bridgehead atoms. The van der Waals surface area contributed by atoms with Crippen LogP contribution in [-0.2, 0) is 16.0 Å². The number of esters is 1. The lowest BCUT2D eigenvalue weighted by Crippen LogP contribution is -2.55. The van der Waals surface area contributed by atoms with Gasteiger partial charge in [-0.1, -0.05) is 24.3 Å². The molecule has 4 saturated carbocycles. The normalized spacial score (nSPS) is 40.0. The Hall–Kier alpha value is -2.15. The third-order valence-electron chi connectivity index (χ3n) is 7.25. The monoisotopic (exact) mass is 349 g/mol. The molecule has 1 aromatic carbocycles. The predicted molar refractivity (Wildman–Crippen MR) is 94.1 cm³/mol. The molecule has 0 aliphatic heterocycles. The highest BCUT2D eigenvalue weighted by Crippen LogP contribution is 2.57. The van der Waals surface area contributed by atoms with Crippen molar-refractivity contribution in [3.8, 4) is 6.07 Å². The van der Waals surface area contributed by atoms with Crippen molar-refractivity contribution in [1.29, 1.82) is 5.26 Å². The minimum absolute atomic E-state index is 0.227. The number of aryl methyl sites for hydroxylation is 1. The molecule has 5 aliphatic carbocycles. The van der Waals surface area contributed by atoms with E-state index in [2.05, 4.69) is 6.07 Å². The van der Waals surface area contributed by atoms with Gasteiger partial charge in [0.25, 0.3) is 0 Å². The summed E-state index contributed by atoms with van der Waals surface area (Å²) in [7, 11) is 0. The maximum Gasteiger partial charge on any atom is 0.335 e. The summed E-state index contributed by atoms with van der Waals surface area (Å²) in [6, 6.07) is 9.37. The second kappa shape index (κ2) is 5.42. The highest BCUT2D eigenvalue weighted by Gasteiger charge is 2.57. The van der Waals surface area contributed by atoms with Crippen LogP contribution in [0, 0.1) is 34.5 Å². The molecule has 134 valence electrons. The molecule has 0 unspecified atom stereocenters. The Morgan fingerprint density at radius 2 is 1.69 bits per heavy atom.